The van der Waals surface area contributed by atoms with E-state index < -0.39 is 11.6 Å². The lowest BCUT2D eigenvalue weighted by atomic mass is 10.1. The highest BCUT2D eigenvalue weighted by atomic mass is 19.1. The monoisotopic (exact) mass is 291 g/mol. The van der Waals surface area contributed by atoms with Gasteiger partial charge in [0.1, 0.15) is 30.5 Å². The number of hydrogen-bond acceptors (Lipinski definition) is 3. The molecule has 21 heavy (non-hydrogen) atoms. The molecule has 2 aromatic rings. The largest absolute Gasteiger partial charge is 0.486 e. The van der Waals surface area contributed by atoms with E-state index in [0.29, 0.717) is 24.7 Å². The third-order valence-corrected chi connectivity index (χ3v) is 3.39. The number of rotatable bonds is 3. The fourth-order valence-electron chi connectivity index (χ4n) is 2.26. The molecule has 1 N–H and O–H groups in total. The zero-order chi connectivity index (χ0) is 14.8. The summed E-state index contributed by atoms with van der Waals surface area (Å²) in [5.74, 6) is 0.120. The van der Waals surface area contributed by atoms with Crippen LogP contribution in [0.1, 0.15) is 18.5 Å². The summed E-state index contributed by atoms with van der Waals surface area (Å²) < 4.78 is 38.3. The molecule has 110 valence electrons. The minimum Gasteiger partial charge on any atom is -0.486 e. The van der Waals surface area contributed by atoms with Gasteiger partial charge in [-0.1, -0.05) is 12.1 Å². The second-order valence-corrected chi connectivity index (χ2v) is 4.87. The molecule has 3 rings (SSSR count). The lowest BCUT2D eigenvalue weighted by molar-refractivity contribution is 0.171. The van der Waals surface area contributed by atoms with Crippen LogP contribution in [0.5, 0.6) is 11.5 Å². The molecular formula is C16H15F2NO2. The number of anilines is 1. The van der Waals surface area contributed by atoms with Gasteiger partial charge < -0.3 is 14.8 Å². The van der Waals surface area contributed by atoms with Crippen molar-refractivity contribution in [1.82, 2.24) is 0 Å². The van der Waals surface area contributed by atoms with Crippen molar-refractivity contribution in [3.63, 3.8) is 0 Å². The van der Waals surface area contributed by atoms with Gasteiger partial charge in [0.05, 0.1) is 0 Å². The Bertz CT molecular complexity index is 640. The predicted molar refractivity (Wildman–Crippen MR) is 75.8 cm³/mol. The Hall–Kier alpha value is -2.30. The first-order valence-electron chi connectivity index (χ1n) is 6.75. The second kappa shape index (κ2) is 5.60. The van der Waals surface area contributed by atoms with Crippen LogP contribution < -0.4 is 14.8 Å². The van der Waals surface area contributed by atoms with Crippen molar-refractivity contribution in [3.8, 4) is 11.5 Å². The summed E-state index contributed by atoms with van der Waals surface area (Å²) in [7, 11) is 0. The third kappa shape index (κ3) is 2.77. The van der Waals surface area contributed by atoms with Crippen molar-refractivity contribution in [3.05, 3.63) is 53.6 Å². The molecule has 1 heterocycles. The van der Waals surface area contributed by atoms with Crippen molar-refractivity contribution in [1.29, 1.82) is 0 Å². The van der Waals surface area contributed by atoms with Crippen molar-refractivity contribution >= 4 is 5.69 Å². The van der Waals surface area contributed by atoms with Gasteiger partial charge in [-0.15, -0.1) is 0 Å². The first-order chi connectivity index (χ1) is 10.1. The lowest BCUT2D eigenvalue weighted by Crippen LogP contribution is -2.16. The van der Waals surface area contributed by atoms with Crippen LogP contribution in [0.2, 0.25) is 0 Å². The van der Waals surface area contributed by atoms with Gasteiger partial charge >= 0.3 is 0 Å². The average molecular weight is 291 g/mol. The molecule has 1 atom stereocenters. The third-order valence-electron chi connectivity index (χ3n) is 3.39. The van der Waals surface area contributed by atoms with E-state index in [2.05, 4.69) is 5.32 Å². The topological polar surface area (TPSA) is 30.5 Å². The minimum atomic E-state index is -0.612. The van der Waals surface area contributed by atoms with Gasteiger partial charge in [0.2, 0.25) is 0 Å². The van der Waals surface area contributed by atoms with Crippen LogP contribution in [0.3, 0.4) is 0 Å². The Kier molecular flexibility index (Phi) is 3.64. The first kappa shape index (κ1) is 13.7. The van der Waals surface area contributed by atoms with Crippen LogP contribution in [0, 0.1) is 11.6 Å². The quantitative estimate of drug-likeness (QED) is 0.930. The molecular weight excluding hydrogens is 276 g/mol. The van der Waals surface area contributed by atoms with Gasteiger partial charge in [-0.3, -0.25) is 0 Å². The Labute approximate surface area is 121 Å². The van der Waals surface area contributed by atoms with Crippen molar-refractivity contribution in [2.75, 3.05) is 18.5 Å². The summed E-state index contributed by atoms with van der Waals surface area (Å²) in [6.45, 7) is 2.86. The maximum Gasteiger partial charge on any atom is 0.161 e. The molecule has 0 saturated heterocycles. The van der Waals surface area contributed by atoms with E-state index in [1.165, 1.54) is 18.2 Å². The summed E-state index contributed by atoms with van der Waals surface area (Å²) in [6, 6.07) is 9.00. The molecule has 0 fully saturated rings. The van der Waals surface area contributed by atoms with Crippen LogP contribution in [0.4, 0.5) is 14.5 Å². The Balaban J connectivity index is 1.84. The molecule has 5 heteroatoms. The van der Waals surface area contributed by atoms with Crippen LogP contribution in [-0.2, 0) is 0 Å². The van der Waals surface area contributed by atoms with Gasteiger partial charge in [0, 0.05) is 6.04 Å². The summed E-state index contributed by atoms with van der Waals surface area (Å²) in [5, 5.41) is 2.86. The van der Waals surface area contributed by atoms with E-state index in [-0.39, 0.29) is 11.7 Å². The molecule has 2 aromatic carbocycles. The van der Waals surface area contributed by atoms with Crippen LogP contribution in [-0.4, -0.2) is 13.2 Å². The van der Waals surface area contributed by atoms with E-state index in [9.17, 15) is 8.78 Å². The Morgan fingerprint density at radius 2 is 1.67 bits per heavy atom. The predicted octanol–water partition coefficient (Wildman–Crippen LogP) is 3.91. The normalized spacial score (nSPS) is 14.6. The highest BCUT2D eigenvalue weighted by Gasteiger charge is 2.16. The fraction of sp³-hybridized carbons (Fsp3) is 0.250. The lowest BCUT2D eigenvalue weighted by Gasteiger charge is -2.21. The molecule has 0 amide bonds. The fourth-order valence-corrected chi connectivity index (χ4v) is 2.26. The Morgan fingerprint density at radius 1 is 1.00 bits per heavy atom. The number of fused-ring (bicyclic) bond motifs is 1. The van der Waals surface area contributed by atoms with E-state index in [0.717, 1.165) is 5.56 Å². The Morgan fingerprint density at radius 3 is 2.38 bits per heavy atom. The molecule has 1 aliphatic rings. The van der Waals surface area contributed by atoms with Crippen LogP contribution in [0.25, 0.3) is 0 Å². The summed E-state index contributed by atoms with van der Waals surface area (Å²) in [4.78, 5) is 0. The highest BCUT2D eigenvalue weighted by molar-refractivity contribution is 5.50. The van der Waals surface area contributed by atoms with Crippen LogP contribution in [0.15, 0.2) is 36.4 Å². The summed E-state index contributed by atoms with van der Waals surface area (Å²) >= 11 is 0. The van der Waals surface area contributed by atoms with E-state index in [4.69, 9.17) is 9.47 Å². The number of nitrogens with one attached hydrogen (secondary N) is 1. The average Bonchev–Trinajstić information content (AvgIpc) is 2.50. The molecule has 0 bridgehead atoms. The molecule has 0 aliphatic carbocycles. The molecule has 0 spiro atoms. The maximum atomic E-state index is 13.7. The zero-order valence-corrected chi connectivity index (χ0v) is 11.5. The summed E-state index contributed by atoms with van der Waals surface area (Å²) in [6.07, 6.45) is 0. The number of halogens is 2. The molecule has 0 radical (unpaired) electrons. The number of hydrogen-bond donors (Lipinski definition) is 1. The van der Waals surface area contributed by atoms with Crippen LogP contribution >= 0.6 is 0 Å². The minimum absolute atomic E-state index is 0.125. The number of ether oxygens (including phenoxy) is 2. The van der Waals surface area contributed by atoms with Crippen molar-refractivity contribution in [2.24, 2.45) is 0 Å². The molecule has 0 aromatic heterocycles. The number of benzene rings is 2. The van der Waals surface area contributed by atoms with E-state index >= 15 is 0 Å². The molecule has 1 unspecified atom stereocenters. The highest BCUT2D eigenvalue weighted by Crippen LogP contribution is 2.33. The molecule has 0 saturated carbocycles. The van der Waals surface area contributed by atoms with Crippen molar-refractivity contribution < 1.29 is 18.3 Å². The maximum absolute atomic E-state index is 13.7. The van der Waals surface area contributed by atoms with Gasteiger partial charge in [0.25, 0.3) is 0 Å². The summed E-state index contributed by atoms with van der Waals surface area (Å²) in [5.41, 5.74) is 0.738. The SMILES string of the molecule is CC(Nc1c(F)cccc1F)c1ccc2c(c1)OCCO2. The first-order valence-corrected chi connectivity index (χ1v) is 6.75. The second-order valence-electron chi connectivity index (χ2n) is 4.87. The number of para-hydroxylation sites is 1. The molecule has 3 nitrogen and oxygen atoms in total. The molecule has 1 aliphatic heterocycles. The van der Waals surface area contributed by atoms with Gasteiger partial charge in [-0.05, 0) is 36.8 Å². The van der Waals surface area contributed by atoms with Crippen molar-refractivity contribution in [2.45, 2.75) is 13.0 Å². The van der Waals surface area contributed by atoms with E-state index in [1.807, 2.05) is 19.1 Å². The van der Waals surface area contributed by atoms with Gasteiger partial charge in [-0.25, -0.2) is 8.78 Å². The zero-order valence-electron chi connectivity index (χ0n) is 11.5. The smallest absolute Gasteiger partial charge is 0.161 e. The van der Waals surface area contributed by atoms with Gasteiger partial charge in [0.15, 0.2) is 11.5 Å². The van der Waals surface area contributed by atoms with E-state index in [1.54, 1.807) is 6.07 Å². The standard InChI is InChI=1S/C16H15F2NO2/c1-10(19-16-12(17)3-2-4-13(16)18)11-5-6-14-15(9-11)21-8-7-20-14/h2-6,9-10,19H,7-8H2,1H3. The van der Waals surface area contributed by atoms with Gasteiger partial charge in [-0.2, -0.15) is 0 Å².